The average molecular weight is 296 g/mol. The summed E-state index contributed by atoms with van der Waals surface area (Å²) in [6.07, 6.45) is 0.358. The van der Waals surface area contributed by atoms with E-state index in [4.69, 9.17) is 10.5 Å². The molecule has 0 atom stereocenters. The van der Waals surface area contributed by atoms with E-state index in [0.717, 1.165) is 11.3 Å². The van der Waals surface area contributed by atoms with Gasteiger partial charge >= 0.3 is 0 Å². The summed E-state index contributed by atoms with van der Waals surface area (Å²) >= 11 is 0. The van der Waals surface area contributed by atoms with E-state index in [0.29, 0.717) is 13.0 Å². The summed E-state index contributed by atoms with van der Waals surface area (Å²) in [5, 5.41) is 5.59. The highest BCUT2D eigenvalue weighted by Crippen LogP contribution is 2.13. The molecule has 0 unspecified atom stereocenters. The van der Waals surface area contributed by atoms with Gasteiger partial charge in [-0.25, -0.2) is 13.5 Å². The Kier molecular flexibility index (Phi) is 4.23. The van der Waals surface area contributed by atoms with Gasteiger partial charge in [-0.15, -0.1) is 5.10 Å². The van der Waals surface area contributed by atoms with E-state index in [2.05, 4.69) is 15.2 Å². The van der Waals surface area contributed by atoms with Crippen LogP contribution >= 0.6 is 0 Å². The van der Waals surface area contributed by atoms with Gasteiger partial charge in [-0.2, -0.15) is 4.98 Å². The molecule has 1 aromatic heterocycles. The number of nitrogen functional groups attached to an aromatic ring is 1. The molecule has 0 saturated heterocycles. The Balaban J connectivity index is 1.84. The zero-order chi connectivity index (χ0) is 14.6. The van der Waals surface area contributed by atoms with E-state index in [1.807, 2.05) is 31.2 Å². The molecular weight excluding hydrogens is 280 g/mol. The summed E-state index contributed by atoms with van der Waals surface area (Å²) in [7, 11) is -3.49. The standard InChI is InChI=1S/C12H16N4O3S/c1-9-4-2-5-10(8-9)19-6-3-7-20(17,18)12-14-11(13)15-16-12/h2,4-5,8H,3,6-7H2,1H3,(H3,13,14,15,16). The zero-order valence-corrected chi connectivity index (χ0v) is 11.9. The van der Waals surface area contributed by atoms with Crippen LogP contribution < -0.4 is 10.5 Å². The molecule has 20 heavy (non-hydrogen) atoms. The van der Waals surface area contributed by atoms with Gasteiger partial charge in [0.05, 0.1) is 12.4 Å². The number of ether oxygens (including phenoxy) is 1. The van der Waals surface area contributed by atoms with E-state index in [9.17, 15) is 8.42 Å². The van der Waals surface area contributed by atoms with Crippen LogP contribution in [0.5, 0.6) is 5.75 Å². The first-order valence-corrected chi connectivity index (χ1v) is 7.73. The monoisotopic (exact) mass is 296 g/mol. The second kappa shape index (κ2) is 5.91. The van der Waals surface area contributed by atoms with Crippen LogP contribution in [0.3, 0.4) is 0 Å². The molecule has 0 aliphatic rings. The SMILES string of the molecule is Cc1cccc(OCCCS(=O)(=O)c2nc(N)n[nH]2)c1. The van der Waals surface area contributed by atoms with Gasteiger partial charge in [0.2, 0.25) is 20.9 Å². The summed E-state index contributed by atoms with van der Waals surface area (Å²) in [5.74, 6) is 0.568. The molecule has 0 amide bonds. The van der Waals surface area contributed by atoms with Crippen LogP contribution in [0.25, 0.3) is 0 Å². The Labute approximate surface area is 117 Å². The van der Waals surface area contributed by atoms with E-state index >= 15 is 0 Å². The summed E-state index contributed by atoms with van der Waals surface area (Å²) in [6.45, 7) is 2.28. The van der Waals surface area contributed by atoms with Gasteiger partial charge < -0.3 is 10.5 Å². The number of aryl methyl sites for hydroxylation is 1. The van der Waals surface area contributed by atoms with Crippen molar-refractivity contribution in [3.05, 3.63) is 29.8 Å². The Bertz CT molecular complexity index is 682. The predicted octanol–water partition coefficient (Wildman–Crippen LogP) is 0.938. The van der Waals surface area contributed by atoms with Gasteiger partial charge in [0.25, 0.3) is 0 Å². The molecule has 2 aromatic rings. The second-order valence-electron chi connectivity index (χ2n) is 4.34. The first kappa shape index (κ1) is 14.3. The van der Waals surface area contributed by atoms with E-state index in [1.54, 1.807) is 0 Å². The number of aromatic amines is 1. The maximum Gasteiger partial charge on any atom is 0.244 e. The maximum atomic E-state index is 11.9. The van der Waals surface area contributed by atoms with Gasteiger partial charge in [0.1, 0.15) is 5.75 Å². The smallest absolute Gasteiger partial charge is 0.244 e. The number of rotatable bonds is 6. The number of H-pyrrole nitrogens is 1. The summed E-state index contributed by atoms with van der Waals surface area (Å²) in [5.41, 5.74) is 6.37. The highest BCUT2D eigenvalue weighted by Gasteiger charge is 2.18. The van der Waals surface area contributed by atoms with Crippen LogP contribution in [0.2, 0.25) is 0 Å². The third-order valence-corrected chi connectivity index (χ3v) is 4.19. The van der Waals surface area contributed by atoms with Crippen molar-refractivity contribution >= 4 is 15.8 Å². The van der Waals surface area contributed by atoms with Gasteiger partial charge in [-0.05, 0) is 31.0 Å². The van der Waals surface area contributed by atoms with Crippen LogP contribution in [0.1, 0.15) is 12.0 Å². The van der Waals surface area contributed by atoms with Gasteiger partial charge in [0.15, 0.2) is 0 Å². The number of aromatic nitrogens is 3. The number of benzene rings is 1. The molecule has 0 bridgehead atoms. The molecule has 0 saturated carbocycles. The molecule has 0 aliphatic heterocycles. The van der Waals surface area contributed by atoms with Crippen molar-refractivity contribution in [3.63, 3.8) is 0 Å². The van der Waals surface area contributed by atoms with Crippen LogP contribution in [-0.4, -0.2) is 36.0 Å². The average Bonchev–Trinajstić information content (AvgIpc) is 2.82. The van der Waals surface area contributed by atoms with Gasteiger partial charge in [-0.1, -0.05) is 12.1 Å². The zero-order valence-electron chi connectivity index (χ0n) is 11.0. The van der Waals surface area contributed by atoms with Crippen molar-refractivity contribution in [3.8, 4) is 5.75 Å². The number of nitrogens with one attached hydrogen (secondary N) is 1. The minimum absolute atomic E-state index is 0.0759. The van der Waals surface area contributed by atoms with Crippen LogP contribution in [0.15, 0.2) is 29.4 Å². The first-order valence-electron chi connectivity index (χ1n) is 6.07. The van der Waals surface area contributed by atoms with E-state index in [1.165, 1.54) is 0 Å². The third-order valence-electron chi connectivity index (χ3n) is 2.59. The minimum Gasteiger partial charge on any atom is -0.494 e. The Morgan fingerprint density at radius 2 is 2.20 bits per heavy atom. The number of sulfone groups is 1. The summed E-state index contributed by atoms with van der Waals surface area (Å²) in [6, 6.07) is 7.58. The molecule has 3 N–H and O–H groups in total. The van der Waals surface area contributed by atoms with Crippen molar-refractivity contribution in [2.24, 2.45) is 0 Å². The Morgan fingerprint density at radius 1 is 1.40 bits per heavy atom. The lowest BCUT2D eigenvalue weighted by Crippen LogP contribution is -2.12. The predicted molar refractivity (Wildman–Crippen MR) is 74.1 cm³/mol. The topological polar surface area (TPSA) is 111 Å². The highest BCUT2D eigenvalue weighted by atomic mass is 32.2. The molecule has 1 aromatic carbocycles. The molecular formula is C12H16N4O3S. The van der Waals surface area contributed by atoms with E-state index in [-0.39, 0.29) is 16.9 Å². The maximum absolute atomic E-state index is 11.9. The van der Waals surface area contributed by atoms with Crippen molar-refractivity contribution in [2.75, 3.05) is 18.1 Å². The van der Waals surface area contributed by atoms with Gasteiger partial charge in [0, 0.05) is 0 Å². The molecule has 0 aliphatic carbocycles. The van der Waals surface area contributed by atoms with Gasteiger partial charge in [-0.3, -0.25) is 0 Å². The van der Waals surface area contributed by atoms with Crippen molar-refractivity contribution in [1.82, 2.24) is 15.2 Å². The molecule has 0 fully saturated rings. The molecule has 7 nitrogen and oxygen atoms in total. The highest BCUT2D eigenvalue weighted by molar-refractivity contribution is 7.91. The van der Waals surface area contributed by atoms with Crippen LogP contribution in [-0.2, 0) is 9.84 Å². The molecule has 0 spiro atoms. The lowest BCUT2D eigenvalue weighted by Gasteiger charge is -2.06. The normalized spacial score (nSPS) is 11.4. The summed E-state index contributed by atoms with van der Waals surface area (Å²) < 4.78 is 29.2. The quantitative estimate of drug-likeness (QED) is 0.767. The number of hydrogen-bond donors (Lipinski definition) is 2. The molecule has 8 heteroatoms. The number of anilines is 1. The lowest BCUT2D eigenvalue weighted by molar-refractivity contribution is 0.317. The second-order valence-corrected chi connectivity index (χ2v) is 6.36. The Morgan fingerprint density at radius 3 is 2.85 bits per heavy atom. The molecule has 2 rings (SSSR count). The van der Waals surface area contributed by atoms with Crippen molar-refractivity contribution in [1.29, 1.82) is 0 Å². The third kappa shape index (κ3) is 3.70. The number of hydrogen-bond acceptors (Lipinski definition) is 6. The molecule has 1 heterocycles. The number of nitrogens with zero attached hydrogens (tertiary/aromatic N) is 2. The fourth-order valence-corrected chi connectivity index (χ4v) is 2.75. The Hall–Kier alpha value is -2.09. The lowest BCUT2D eigenvalue weighted by atomic mass is 10.2. The fraction of sp³-hybridized carbons (Fsp3) is 0.333. The fourth-order valence-electron chi connectivity index (χ4n) is 1.64. The number of nitrogens with two attached hydrogens (primary N) is 1. The first-order chi connectivity index (χ1) is 9.47. The van der Waals surface area contributed by atoms with Crippen molar-refractivity contribution < 1.29 is 13.2 Å². The molecule has 108 valence electrons. The minimum atomic E-state index is -3.49. The summed E-state index contributed by atoms with van der Waals surface area (Å²) in [4.78, 5) is 3.61. The van der Waals surface area contributed by atoms with Crippen LogP contribution in [0, 0.1) is 6.92 Å². The van der Waals surface area contributed by atoms with Crippen LogP contribution in [0.4, 0.5) is 5.95 Å². The molecule has 0 radical (unpaired) electrons. The van der Waals surface area contributed by atoms with Crippen molar-refractivity contribution in [2.45, 2.75) is 18.5 Å². The van der Waals surface area contributed by atoms with E-state index < -0.39 is 9.84 Å². The largest absolute Gasteiger partial charge is 0.494 e.